The van der Waals surface area contributed by atoms with E-state index in [2.05, 4.69) is 19.9 Å². The van der Waals surface area contributed by atoms with E-state index in [-0.39, 0.29) is 5.56 Å². The Kier molecular flexibility index (Phi) is 5.04. The molecule has 0 bridgehead atoms. The third kappa shape index (κ3) is 3.60. The van der Waals surface area contributed by atoms with Gasteiger partial charge in [-0.3, -0.25) is 14.8 Å². The van der Waals surface area contributed by atoms with Gasteiger partial charge in [-0.2, -0.15) is 0 Å². The van der Waals surface area contributed by atoms with E-state index in [4.69, 9.17) is 11.6 Å². The summed E-state index contributed by atoms with van der Waals surface area (Å²) in [6.45, 7) is 1.99. The van der Waals surface area contributed by atoms with Gasteiger partial charge in [-0.05, 0) is 25.1 Å². The molecule has 0 radical (unpaired) electrons. The number of aromatic amines is 2. The molecular weight excluding hydrogens is 358 g/mol. The summed E-state index contributed by atoms with van der Waals surface area (Å²) in [4.78, 5) is 37.8. The second kappa shape index (κ2) is 7.40. The largest absolute Gasteiger partial charge is 0.493 e. The van der Waals surface area contributed by atoms with Crippen LogP contribution in [0.2, 0.25) is 5.02 Å². The molecule has 0 aliphatic heterocycles. The van der Waals surface area contributed by atoms with Crippen molar-refractivity contribution < 1.29 is 5.11 Å². The summed E-state index contributed by atoms with van der Waals surface area (Å²) in [6.07, 6.45) is 3.86. The lowest BCUT2D eigenvalue weighted by atomic mass is 10.2. The normalized spacial score (nSPS) is 11.7. The smallest absolute Gasteiger partial charge is 0.335 e. The maximum Gasteiger partial charge on any atom is 0.335 e. The molecule has 1 aromatic carbocycles. The first-order valence-electron chi connectivity index (χ1n) is 7.80. The molecule has 3 rings (SSSR count). The van der Waals surface area contributed by atoms with Crippen LogP contribution in [0.1, 0.15) is 18.2 Å². The summed E-state index contributed by atoms with van der Waals surface area (Å²) in [5.74, 6) is -0.483. The van der Waals surface area contributed by atoms with Crippen LogP contribution < -0.4 is 11.2 Å². The number of hydrogen-bond acceptors (Lipinski definition) is 5. The van der Waals surface area contributed by atoms with Crippen molar-refractivity contribution in [2.24, 2.45) is 4.99 Å². The van der Waals surface area contributed by atoms with Gasteiger partial charge in [0.25, 0.3) is 5.56 Å². The van der Waals surface area contributed by atoms with Crippen molar-refractivity contribution in [2.75, 3.05) is 6.54 Å². The van der Waals surface area contributed by atoms with Crippen LogP contribution in [0.15, 0.2) is 51.4 Å². The van der Waals surface area contributed by atoms with E-state index >= 15 is 0 Å². The van der Waals surface area contributed by atoms with Crippen molar-refractivity contribution >= 4 is 17.3 Å². The van der Waals surface area contributed by atoms with Crippen LogP contribution in [-0.4, -0.2) is 36.9 Å². The zero-order valence-corrected chi connectivity index (χ0v) is 14.6. The molecule has 0 aliphatic carbocycles. The molecule has 0 amide bonds. The Morgan fingerprint density at radius 2 is 2.19 bits per heavy atom. The zero-order valence-electron chi connectivity index (χ0n) is 13.9. The molecule has 2 aromatic heterocycles. The summed E-state index contributed by atoms with van der Waals surface area (Å²) < 4.78 is 0.983. The predicted octanol–water partition coefficient (Wildman–Crippen LogP) is 1.66. The molecule has 26 heavy (non-hydrogen) atoms. The van der Waals surface area contributed by atoms with Crippen LogP contribution in [0.5, 0.6) is 5.88 Å². The molecular formula is C17H16ClN5O3. The summed E-state index contributed by atoms with van der Waals surface area (Å²) in [7, 11) is 0. The van der Waals surface area contributed by atoms with Crippen LogP contribution in [0, 0.1) is 0 Å². The van der Waals surface area contributed by atoms with Crippen molar-refractivity contribution in [3.05, 3.63) is 73.9 Å². The quantitative estimate of drug-likeness (QED) is 0.589. The lowest BCUT2D eigenvalue weighted by Crippen LogP contribution is -2.32. The number of hydrogen-bond donors (Lipinski definition) is 3. The minimum atomic E-state index is -0.760. The lowest BCUT2D eigenvalue weighted by Gasteiger charge is -2.11. The fourth-order valence-electron chi connectivity index (χ4n) is 2.55. The summed E-state index contributed by atoms with van der Waals surface area (Å²) in [6, 6.07) is 6.39. The molecule has 3 N–H and O–H groups in total. The van der Waals surface area contributed by atoms with E-state index < -0.39 is 17.1 Å². The van der Waals surface area contributed by atoms with Crippen LogP contribution >= 0.6 is 11.6 Å². The van der Waals surface area contributed by atoms with Gasteiger partial charge in [0.05, 0.1) is 12.0 Å². The molecule has 3 aromatic rings. The molecule has 0 saturated carbocycles. The van der Waals surface area contributed by atoms with E-state index in [1.165, 1.54) is 6.07 Å². The van der Waals surface area contributed by atoms with E-state index in [9.17, 15) is 14.7 Å². The number of aliphatic imine (C=N–C) groups is 1. The molecule has 2 heterocycles. The van der Waals surface area contributed by atoms with Crippen molar-refractivity contribution in [3.8, 4) is 11.6 Å². The van der Waals surface area contributed by atoms with E-state index in [1.54, 1.807) is 37.6 Å². The Morgan fingerprint density at radius 1 is 1.38 bits per heavy atom. The number of aromatic nitrogens is 4. The first-order chi connectivity index (χ1) is 12.5. The molecule has 0 aliphatic rings. The maximum absolute atomic E-state index is 12.2. The van der Waals surface area contributed by atoms with Gasteiger partial charge in [-0.15, -0.1) is 0 Å². The molecule has 0 saturated heterocycles. The number of aromatic hydroxyl groups is 1. The monoisotopic (exact) mass is 373 g/mol. The topological polar surface area (TPSA) is 116 Å². The number of rotatable bonds is 5. The minimum absolute atomic E-state index is 0.0609. The Morgan fingerprint density at radius 3 is 2.88 bits per heavy atom. The highest BCUT2D eigenvalue weighted by molar-refractivity contribution is 6.30. The lowest BCUT2D eigenvalue weighted by molar-refractivity contribution is 0.429. The number of H-pyrrole nitrogens is 2. The molecule has 0 atom stereocenters. The first-order valence-corrected chi connectivity index (χ1v) is 8.18. The highest BCUT2D eigenvalue weighted by Crippen LogP contribution is 2.19. The standard InChI is InChI=1S/C17H16ClN5O3/c1-10(20-6-5-12-8-19-9-21-12)14-15(24)22-17(26)23(16(14)25)13-4-2-3-11(18)7-13/h2-4,7-9,25H,5-6H2,1H3,(H,19,21)(H,22,24,26). The van der Waals surface area contributed by atoms with Gasteiger partial charge in [0.15, 0.2) is 0 Å². The van der Waals surface area contributed by atoms with E-state index in [0.717, 1.165) is 10.3 Å². The highest BCUT2D eigenvalue weighted by atomic mass is 35.5. The number of nitrogens with one attached hydrogen (secondary N) is 2. The third-order valence-electron chi connectivity index (χ3n) is 3.80. The maximum atomic E-state index is 12.2. The van der Waals surface area contributed by atoms with Gasteiger partial charge in [-0.25, -0.2) is 14.3 Å². The first kappa shape index (κ1) is 17.7. The van der Waals surface area contributed by atoms with Gasteiger partial charge in [-0.1, -0.05) is 17.7 Å². The average molecular weight is 374 g/mol. The van der Waals surface area contributed by atoms with Gasteiger partial charge in [0, 0.05) is 35.6 Å². The Labute approximate surface area is 152 Å². The Hall–Kier alpha value is -3.13. The van der Waals surface area contributed by atoms with Gasteiger partial charge in [0.2, 0.25) is 5.88 Å². The molecule has 9 heteroatoms. The van der Waals surface area contributed by atoms with Crippen molar-refractivity contribution in [1.29, 1.82) is 0 Å². The van der Waals surface area contributed by atoms with Crippen molar-refractivity contribution in [2.45, 2.75) is 13.3 Å². The second-order valence-corrected chi connectivity index (χ2v) is 6.00. The highest BCUT2D eigenvalue weighted by Gasteiger charge is 2.17. The number of halogens is 1. The van der Waals surface area contributed by atoms with E-state index in [0.29, 0.717) is 29.4 Å². The van der Waals surface area contributed by atoms with Crippen molar-refractivity contribution in [1.82, 2.24) is 19.5 Å². The van der Waals surface area contributed by atoms with Crippen molar-refractivity contribution in [3.63, 3.8) is 0 Å². The number of nitrogens with zero attached hydrogens (tertiary/aromatic N) is 3. The van der Waals surface area contributed by atoms with Gasteiger partial charge >= 0.3 is 5.69 Å². The third-order valence-corrected chi connectivity index (χ3v) is 4.03. The molecule has 0 spiro atoms. The van der Waals surface area contributed by atoms with Gasteiger partial charge < -0.3 is 10.1 Å². The average Bonchev–Trinajstić information content (AvgIpc) is 3.08. The SMILES string of the molecule is CC(=NCCc1cnc[nH]1)c1c(O)n(-c2cccc(Cl)c2)c(=O)[nH]c1=O. The van der Waals surface area contributed by atoms with Crippen LogP contribution in [-0.2, 0) is 6.42 Å². The molecule has 0 unspecified atom stereocenters. The summed E-state index contributed by atoms with van der Waals surface area (Å²) in [5.41, 5.74) is 0.0388. The Bertz CT molecular complexity index is 1070. The number of benzene rings is 1. The van der Waals surface area contributed by atoms with Crippen LogP contribution in [0.4, 0.5) is 0 Å². The summed E-state index contributed by atoms with van der Waals surface area (Å²) in [5, 5.41) is 10.9. The van der Waals surface area contributed by atoms with Gasteiger partial charge in [0.1, 0.15) is 5.56 Å². The molecule has 134 valence electrons. The zero-order chi connectivity index (χ0) is 18.7. The van der Waals surface area contributed by atoms with Crippen LogP contribution in [0.25, 0.3) is 5.69 Å². The van der Waals surface area contributed by atoms with Crippen LogP contribution in [0.3, 0.4) is 0 Å². The minimum Gasteiger partial charge on any atom is -0.493 e. The fourth-order valence-corrected chi connectivity index (χ4v) is 2.73. The Balaban J connectivity index is 2.00. The molecule has 8 nitrogen and oxygen atoms in total. The molecule has 0 fully saturated rings. The predicted molar refractivity (Wildman–Crippen MR) is 98.7 cm³/mol. The van der Waals surface area contributed by atoms with E-state index in [1.807, 2.05) is 0 Å². The second-order valence-electron chi connectivity index (χ2n) is 5.57. The number of imidazole rings is 1. The summed E-state index contributed by atoms with van der Waals surface area (Å²) >= 11 is 5.95. The fraction of sp³-hybridized carbons (Fsp3) is 0.176.